The third kappa shape index (κ3) is 4.47. The quantitative estimate of drug-likeness (QED) is 0.739. The van der Waals surface area contributed by atoms with E-state index in [9.17, 15) is 22.0 Å². The van der Waals surface area contributed by atoms with E-state index in [0.717, 1.165) is 17.7 Å². The Balaban J connectivity index is 1.79. The summed E-state index contributed by atoms with van der Waals surface area (Å²) >= 11 is 0. The molecular weight excluding hydrogens is 400 g/mol. The number of carbonyl (C=O) groups excluding carboxylic acids is 1. The second-order valence-electron chi connectivity index (χ2n) is 7.06. The Hall–Kier alpha value is -2.36. The predicted octanol–water partition coefficient (Wildman–Crippen LogP) is 2.10. The highest BCUT2D eigenvalue weighted by Gasteiger charge is 2.35. The Morgan fingerprint density at radius 1 is 0.966 bits per heavy atom. The van der Waals surface area contributed by atoms with E-state index in [4.69, 9.17) is 0 Å². The number of sulfonamides is 1. The van der Waals surface area contributed by atoms with Gasteiger partial charge < -0.3 is 4.90 Å². The van der Waals surface area contributed by atoms with Gasteiger partial charge in [-0.2, -0.15) is 4.31 Å². The van der Waals surface area contributed by atoms with Gasteiger partial charge in [0.15, 0.2) is 11.6 Å². The van der Waals surface area contributed by atoms with Crippen molar-refractivity contribution in [1.29, 1.82) is 0 Å². The van der Waals surface area contributed by atoms with Crippen molar-refractivity contribution >= 4 is 15.9 Å². The number of rotatable bonds is 5. The maximum absolute atomic E-state index is 13.5. The molecule has 1 saturated heterocycles. The Labute approximate surface area is 169 Å². The zero-order valence-electron chi connectivity index (χ0n) is 16.3. The van der Waals surface area contributed by atoms with E-state index >= 15 is 0 Å². The van der Waals surface area contributed by atoms with Crippen molar-refractivity contribution in [2.75, 3.05) is 40.3 Å². The third-order valence-electron chi connectivity index (χ3n) is 4.96. The lowest BCUT2D eigenvalue weighted by Crippen LogP contribution is -2.52. The second kappa shape index (κ2) is 8.56. The number of carbonyl (C=O) groups is 1. The van der Waals surface area contributed by atoms with Gasteiger partial charge in [0.25, 0.3) is 0 Å². The van der Waals surface area contributed by atoms with Crippen LogP contribution in [0.15, 0.2) is 53.4 Å². The first-order valence-electron chi connectivity index (χ1n) is 9.17. The van der Waals surface area contributed by atoms with Crippen LogP contribution in [0.3, 0.4) is 0 Å². The van der Waals surface area contributed by atoms with Gasteiger partial charge in [0.1, 0.15) is 6.04 Å². The van der Waals surface area contributed by atoms with E-state index in [2.05, 4.69) is 0 Å². The molecule has 0 aromatic heterocycles. The van der Waals surface area contributed by atoms with E-state index < -0.39 is 27.7 Å². The largest absolute Gasteiger partial charge is 0.347 e. The highest BCUT2D eigenvalue weighted by molar-refractivity contribution is 7.89. The van der Waals surface area contributed by atoms with Crippen LogP contribution < -0.4 is 0 Å². The minimum Gasteiger partial charge on any atom is -0.347 e. The molecule has 0 spiro atoms. The van der Waals surface area contributed by atoms with Gasteiger partial charge in [0, 0.05) is 40.3 Å². The summed E-state index contributed by atoms with van der Waals surface area (Å²) < 4.78 is 53.4. The van der Waals surface area contributed by atoms with E-state index in [-0.39, 0.29) is 23.9 Å². The van der Waals surface area contributed by atoms with Crippen molar-refractivity contribution in [2.45, 2.75) is 10.9 Å². The Bertz CT molecular complexity index is 976. The van der Waals surface area contributed by atoms with Gasteiger partial charge in [-0.25, -0.2) is 17.2 Å². The molecule has 2 aromatic rings. The van der Waals surface area contributed by atoms with Crippen molar-refractivity contribution < 1.29 is 22.0 Å². The first kappa shape index (κ1) is 21.4. The molecule has 0 saturated carbocycles. The molecule has 1 aliphatic heterocycles. The molecule has 3 rings (SSSR count). The number of piperazine rings is 1. The molecule has 1 unspecified atom stereocenters. The van der Waals surface area contributed by atoms with Crippen LogP contribution in [-0.2, 0) is 14.8 Å². The van der Waals surface area contributed by atoms with Crippen LogP contribution in [0.5, 0.6) is 0 Å². The first-order chi connectivity index (χ1) is 13.7. The second-order valence-corrected chi connectivity index (χ2v) is 9.00. The van der Waals surface area contributed by atoms with Gasteiger partial charge in [0.05, 0.1) is 4.90 Å². The number of halogens is 2. The maximum Gasteiger partial charge on any atom is 0.244 e. The van der Waals surface area contributed by atoms with Crippen LogP contribution in [0, 0.1) is 11.6 Å². The van der Waals surface area contributed by atoms with Crippen LogP contribution in [0.2, 0.25) is 0 Å². The average Bonchev–Trinajstić information content (AvgIpc) is 2.71. The molecule has 2 aromatic carbocycles. The van der Waals surface area contributed by atoms with Gasteiger partial charge in [-0.1, -0.05) is 30.3 Å². The number of nitrogens with zero attached hydrogens (tertiary/aromatic N) is 3. The molecule has 0 radical (unpaired) electrons. The van der Waals surface area contributed by atoms with Gasteiger partial charge in [-0.3, -0.25) is 9.69 Å². The van der Waals surface area contributed by atoms with Crippen molar-refractivity contribution in [3.63, 3.8) is 0 Å². The molecule has 1 amide bonds. The fourth-order valence-corrected chi connectivity index (χ4v) is 4.81. The summed E-state index contributed by atoms with van der Waals surface area (Å²) in [5, 5.41) is 0. The summed E-state index contributed by atoms with van der Waals surface area (Å²) in [6.45, 7) is 0.959. The maximum atomic E-state index is 13.5. The fourth-order valence-electron chi connectivity index (χ4n) is 3.38. The summed E-state index contributed by atoms with van der Waals surface area (Å²) in [5.41, 5.74) is 0.836. The van der Waals surface area contributed by atoms with E-state index in [1.807, 2.05) is 35.2 Å². The summed E-state index contributed by atoms with van der Waals surface area (Å²) in [6, 6.07) is 11.4. The Morgan fingerprint density at radius 3 is 2.14 bits per heavy atom. The highest BCUT2D eigenvalue weighted by Crippen LogP contribution is 2.26. The van der Waals surface area contributed by atoms with Gasteiger partial charge in [-0.15, -0.1) is 0 Å². The summed E-state index contributed by atoms with van der Waals surface area (Å²) in [5.74, 6) is -2.39. The molecule has 1 fully saturated rings. The lowest BCUT2D eigenvalue weighted by atomic mass is 10.0. The fraction of sp³-hybridized carbons (Fsp3) is 0.350. The monoisotopic (exact) mass is 423 g/mol. The molecule has 156 valence electrons. The lowest BCUT2D eigenvalue weighted by Gasteiger charge is -2.39. The number of benzene rings is 2. The molecular formula is C20H23F2N3O3S. The number of hydrogen-bond acceptors (Lipinski definition) is 4. The number of hydrogen-bond donors (Lipinski definition) is 0. The van der Waals surface area contributed by atoms with Gasteiger partial charge in [0.2, 0.25) is 15.9 Å². The van der Waals surface area contributed by atoms with Crippen molar-refractivity contribution in [3.8, 4) is 0 Å². The van der Waals surface area contributed by atoms with E-state index in [1.54, 1.807) is 14.1 Å². The highest BCUT2D eigenvalue weighted by atomic mass is 32.2. The molecule has 1 heterocycles. The van der Waals surface area contributed by atoms with Crippen LogP contribution in [0.1, 0.15) is 11.6 Å². The predicted molar refractivity (Wildman–Crippen MR) is 105 cm³/mol. The zero-order chi connectivity index (χ0) is 21.2. The van der Waals surface area contributed by atoms with Crippen molar-refractivity contribution in [3.05, 3.63) is 65.7 Å². The van der Waals surface area contributed by atoms with Crippen LogP contribution in [0.4, 0.5) is 8.78 Å². The smallest absolute Gasteiger partial charge is 0.244 e. The Kier molecular flexibility index (Phi) is 6.30. The number of likely N-dealkylation sites (N-methyl/N-ethyl adjacent to an activating group) is 1. The van der Waals surface area contributed by atoms with Gasteiger partial charge in [-0.05, 0) is 23.8 Å². The number of amides is 1. The minimum absolute atomic E-state index is 0.0897. The van der Waals surface area contributed by atoms with Crippen molar-refractivity contribution in [1.82, 2.24) is 14.1 Å². The van der Waals surface area contributed by atoms with E-state index in [1.165, 1.54) is 9.21 Å². The van der Waals surface area contributed by atoms with Crippen LogP contribution >= 0.6 is 0 Å². The SMILES string of the molecule is CN(C)C(=O)C(c1ccccc1)N1CCN(S(=O)(=O)c2ccc(F)c(F)c2)CC1. The molecule has 0 N–H and O–H groups in total. The Morgan fingerprint density at radius 2 is 1.59 bits per heavy atom. The molecule has 1 atom stereocenters. The third-order valence-corrected chi connectivity index (χ3v) is 6.85. The zero-order valence-corrected chi connectivity index (χ0v) is 17.1. The molecule has 9 heteroatoms. The van der Waals surface area contributed by atoms with Crippen LogP contribution in [0.25, 0.3) is 0 Å². The standard InChI is InChI=1S/C20H23F2N3O3S/c1-23(2)20(26)19(15-6-4-3-5-7-15)24-10-12-25(13-11-24)29(27,28)16-8-9-17(21)18(22)14-16/h3-9,14,19H,10-13H2,1-2H3. The average molecular weight is 423 g/mol. The topological polar surface area (TPSA) is 60.9 Å². The minimum atomic E-state index is -3.95. The summed E-state index contributed by atoms with van der Waals surface area (Å²) in [4.78, 5) is 16.0. The first-order valence-corrected chi connectivity index (χ1v) is 10.6. The summed E-state index contributed by atoms with van der Waals surface area (Å²) in [6.07, 6.45) is 0. The van der Waals surface area contributed by atoms with Gasteiger partial charge >= 0.3 is 0 Å². The van der Waals surface area contributed by atoms with Crippen LogP contribution in [-0.4, -0.2) is 68.7 Å². The van der Waals surface area contributed by atoms with E-state index in [0.29, 0.717) is 19.2 Å². The van der Waals surface area contributed by atoms with Crippen molar-refractivity contribution in [2.24, 2.45) is 0 Å². The lowest BCUT2D eigenvalue weighted by molar-refractivity contribution is -0.135. The molecule has 0 aliphatic carbocycles. The summed E-state index contributed by atoms with van der Waals surface area (Å²) in [7, 11) is -0.582. The molecule has 6 nitrogen and oxygen atoms in total. The molecule has 0 bridgehead atoms. The molecule has 29 heavy (non-hydrogen) atoms. The molecule has 1 aliphatic rings. The normalized spacial score (nSPS) is 17.1.